The summed E-state index contributed by atoms with van der Waals surface area (Å²) in [7, 11) is 0. The molecule has 59 heavy (non-hydrogen) atoms. The number of fused-ring (bicyclic) bond motifs is 8. The highest BCUT2D eigenvalue weighted by Gasteiger charge is 2.24. The molecule has 4 nitrogen and oxygen atoms in total. The molecule has 12 rings (SSSR count). The van der Waals surface area contributed by atoms with Gasteiger partial charge in [0.05, 0.1) is 16.7 Å². The molecule has 2 heterocycles. The lowest BCUT2D eigenvalue weighted by Gasteiger charge is -2.20. The van der Waals surface area contributed by atoms with Crippen molar-refractivity contribution in [2.75, 3.05) is 0 Å². The first-order valence-corrected chi connectivity index (χ1v) is 20.0. The molecule has 0 aliphatic rings. The van der Waals surface area contributed by atoms with Gasteiger partial charge in [0.2, 0.25) is 0 Å². The van der Waals surface area contributed by atoms with Crippen LogP contribution in [0.25, 0.3) is 116 Å². The Morgan fingerprint density at radius 1 is 0.305 bits per heavy atom. The first-order chi connectivity index (χ1) is 29.3. The first-order valence-electron chi connectivity index (χ1n) is 20.0. The lowest BCUT2D eigenvalue weighted by atomic mass is 9.89. The molecule has 0 aliphatic heterocycles. The molecule has 0 radical (unpaired) electrons. The van der Waals surface area contributed by atoms with Gasteiger partial charge in [-0.1, -0.05) is 182 Å². The number of benzene rings is 10. The molecule has 0 unspecified atom stereocenters. The standard InChI is InChI=1S/C55H34N4/c1-3-18-37(19-4-1)53-56-54(38-20-5-2-6-21-38)58-55(57-53)52-45-28-14-13-27-44(45)50(34-46(52)43-29-15-24-35-16-9-11-25-41(35)43)59-48-31-30-36-17-10-12-26-42(36)51(48)47-32-39-22-7-8-23-40(39)33-49(47)59/h1-34H. The van der Waals surface area contributed by atoms with E-state index in [1.165, 1.54) is 37.7 Å². The van der Waals surface area contributed by atoms with Gasteiger partial charge in [-0.05, 0) is 73.1 Å². The van der Waals surface area contributed by atoms with Crippen LogP contribution in [0.3, 0.4) is 0 Å². The number of rotatable bonds is 5. The number of hydrogen-bond acceptors (Lipinski definition) is 3. The molecule has 0 fully saturated rings. The normalized spacial score (nSPS) is 11.7. The van der Waals surface area contributed by atoms with Crippen molar-refractivity contribution >= 4 is 64.9 Å². The van der Waals surface area contributed by atoms with Crippen molar-refractivity contribution in [2.24, 2.45) is 0 Å². The molecule has 10 aromatic carbocycles. The molecule has 274 valence electrons. The van der Waals surface area contributed by atoms with E-state index in [4.69, 9.17) is 15.0 Å². The smallest absolute Gasteiger partial charge is 0.165 e. The summed E-state index contributed by atoms with van der Waals surface area (Å²) in [5.41, 5.74) is 8.42. The van der Waals surface area contributed by atoms with E-state index < -0.39 is 0 Å². The van der Waals surface area contributed by atoms with E-state index >= 15 is 0 Å². The van der Waals surface area contributed by atoms with Crippen LogP contribution in [-0.4, -0.2) is 19.5 Å². The molecule has 0 saturated heterocycles. The predicted molar refractivity (Wildman–Crippen MR) is 246 cm³/mol. The van der Waals surface area contributed by atoms with Crippen LogP contribution in [0.2, 0.25) is 0 Å². The molecular formula is C55H34N4. The second-order valence-electron chi connectivity index (χ2n) is 15.2. The largest absolute Gasteiger partial charge is 0.309 e. The first kappa shape index (κ1) is 33.2. The van der Waals surface area contributed by atoms with Gasteiger partial charge < -0.3 is 4.57 Å². The Bertz CT molecular complexity index is 3540. The molecule has 0 atom stereocenters. The number of aromatic nitrogens is 4. The summed E-state index contributed by atoms with van der Waals surface area (Å²) < 4.78 is 2.49. The fraction of sp³-hybridized carbons (Fsp3) is 0. The lowest BCUT2D eigenvalue weighted by Crippen LogP contribution is -2.03. The van der Waals surface area contributed by atoms with E-state index in [0.29, 0.717) is 17.5 Å². The van der Waals surface area contributed by atoms with Gasteiger partial charge in [-0.2, -0.15) is 0 Å². The zero-order valence-corrected chi connectivity index (χ0v) is 31.9. The highest BCUT2D eigenvalue weighted by molar-refractivity contribution is 6.24. The second-order valence-corrected chi connectivity index (χ2v) is 15.2. The third-order valence-electron chi connectivity index (χ3n) is 11.8. The van der Waals surface area contributed by atoms with Gasteiger partial charge in [0, 0.05) is 32.8 Å². The number of nitrogens with zero attached hydrogens (tertiary/aromatic N) is 4. The van der Waals surface area contributed by atoms with Crippen molar-refractivity contribution in [3.63, 3.8) is 0 Å². The van der Waals surface area contributed by atoms with E-state index in [-0.39, 0.29) is 0 Å². The zero-order valence-electron chi connectivity index (χ0n) is 31.9. The van der Waals surface area contributed by atoms with Crippen LogP contribution in [0, 0.1) is 0 Å². The van der Waals surface area contributed by atoms with Crippen LogP contribution in [-0.2, 0) is 0 Å². The highest BCUT2D eigenvalue weighted by atomic mass is 15.0. The highest BCUT2D eigenvalue weighted by Crippen LogP contribution is 2.46. The molecule has 12 aromatic rings. The molecule has 0 N–H and O–H groups in total. The fourth-order valence-corrected chi connectivity index (χ4v) is 9.11. The maximum absolute atomic E-state index is 5.35. The van der Waals surface area contributed by atoms with Crippen molar-refractivity contribution in [3.05, 3.63) is 206 Å². The fourth-order valence-electron chi connectivity index (χ4n) is 9.11. The Hall–Kier alpha value is -7.95. The quantitative estimate of drug-likeness (QED) is 0.176. The third kappa shape index (κ3) is 5.34. The molecule has 0 spiro atoms. The topological polar surface area (TPSA) is 43.6 Å². The van der Waals surface area contributed by atoms with Crippen LogP contribution in [0.15, 0.2) is 206 Å². The summed E-state index contributed by atoms with van der Waals surface area (Å²) in [5.74, 6) is 1.89. The van der Waals surface area contributed by atoms with Gasteiger partial charge in [-0.25, -0.2) is 15.0 Å². The van der Waals surface area contributed by atoms with Crippen molar-refractivity contribution < 1.29 is 0 Å². The maximum Gasteiger partial charge on any atom is 0.165 e. The van der Waals surface area contributed by atoms with E-state index in [0.717, 1.165) is 60.7 Å². The van der Waals surface area contributed by atoms with Gasteiger partial charge in [0.15, 0.2) is 17.5 Å². The minimum Gasteiger partial charge on any atom is -0.309 e. The van der Waals surface area contributed by atoms with Gasteiger partial charge in [0.25, 0.3) is 0 Å². The molecular weight excluding hydrogens is 717 g/mol. The van der Waals surface area contributed by atoms with Crippen molar-refractivity contribution in [3.8, 4) is 51.0 Å². The van der Waals surface area contributed by atoms with Crippen LogP contribution >= 0.6 is 0 Å². The van der Waals surface area contributed by atoms with E-state index in [2.05, 4.69) is 174 Å². The predicted octanol–water partition coefficient (Wildman–Crippen LogP) is 14.2. The van der Waals surface area contributed by atoms with E-state index in [1.807, 2.05) is 36.4 Å². The SMILES string of the molecule is c1ccc(-c2nc(-c3ccccc3)nc(-c3c(-c4cccc5ccccc45)cc(-n4c5cc6ccccc6cc5c5c6ccccc6ccc54)c4ccccc34)n2)cc1. The average molecular weight is 751 g/mol. The third-order valence-corrected chi connectivity index (χ3v) is 11.8. The van der Waals surface area contributed by atoms with Crippen LogP contribution < -0.4 is 0 Å². The van der Waals surface area contributed by atoms with Crippen molar-refractivity contribution in [1.82, 2.24) is 19.5 Å². The van der Waals surface area contributed by atoms with E-state index in [1.54, 1.807) is 0 Å². The van der Waals surface area contributed by atoms with Crippen molar-refractivity contribution in [2.45, 2.75) is 0 Å². The summed E-state index contributed by atoms with van der Waals surface area (Å²) in [6, 6.07) is 73.5. The summed E-state index contributed by atoms with van der Waals surface area (Å²) in [4.78, 5) is 15.8. The van der Waals surface area contributed by atoms with Gasteiger partial charge in [-0.3, -0.25) is 0 Å². The molecule has 0 saturated carbocycles. The summed E-state index contributed by atoms with van der Waals surface area (Å²) in [5, 5.41) is 11.9. The Kier molecular flexibility index (Phi) is 7.50. The maximum atomic E-state index is 5.35. The average Bonchev–Trinajstić information content (AvgIpc) is 3.63. The molecule has 2 aromatic heterocycles. The second kappa shape index (κ2) is 13.3. The summed E-state index contributed by atoms with van der Waals surface area (Å²) in [6.45, 7) is 0. The Balaban J connectivity index is 1.26. The van der Waals surface area contributed by atoms with Crippen LogP contribution in [0.5, 0.6) is 0 Å². The minimum atomic E-state index is 0.627. The van der Waals surface area contributed by atoms with Gasteiger partial charge in [-0.15, -0.1) is 0 Å². The minimum absolute atomic E-state index is 0.627. The molecule has 4 heteroatoms. The van der Waals surface area contributed by atoms with Crippen LogP contribution in [0.1, 0.15) is 0 Å². The van der Waals surface area contributed by atoms with E-state index in [9.17, 15) is 0 Å². The zero-order chi connectivity index (χ0) is 38.9. The molecule has 0 bridgehead atoms. The summed E-state index contributed by atoms with van der Waals surface area (Å²) in [6.07, 6.45) is 0. The lowest BCUT2D eigenvalue weighted by molar-refractivity contribution is 1.08. The molecule has 0 aliphatic carbocycles. The van der Waals surface area contributed by atoms with Crippen LogP contribution in [0.4, 0.5) is 0 Å². The summed E-state index contributed by atoms with van der Waals surface area (Å²) >= 11 is 0. The molecule has 0 amide bonds. The van der Waals surface area contributed by atoms with Crippen molar-refractivity contribution in [1.29, 1.82) is 0 Å². The van der Waals surface area contributed by atoms with Gasteiger partial charge >= 0.3 is 0 Å². The Labute approximate surface area is 340 Å². The number of hydrogen-bond donors (Lipinski definition) is 0. The monoisotopic (exact) mass is 750 g/mol. The Morgan fingerprint density at radius 2 is 0.831 bits per heavy atom. The Morgan fingerprint density at radius 3 is 1.53 bits per heavy atom. The van der Waals surface area contributed by atoms with Gasteiger partial charge in [0.1, 0.15) is 0 Å².